The average Bonchev–Trinajstić information content (AvgIpc) is 3.34. The van der Waals surface area contributed by atoms with Crippen LogP contribution in [0.1, 0.15) is 264 Å². The van der Waals surface area contributed by atoms with E-state index in [1.54, 1.807) is 0 Å². The van der Waals surface area contributed by atoms with Gasteiger partial charge in [0.05, 0.1) is 13.2 Å². The predicted molar refractivity (Wildman–Crippen MR) is 279 cm³/mol. The quantitative estimate of drug-likeness (QED) is 0.0263. The molecule has 398 valence electrons. The Morgan fingerprint density at radius 3 is 1.26 bits per heavy atom. The molecule has 1 aliphatic heterocycles. The highest BCUT2D eigenvalue weighted by molar-refractivity contribution is 5.70. The molecule has 10 nitrogen and oxygen atoms in total. The minimum atomic E-state index is -1.60. The Balaban J connectivity index is 2.20. The zero-order valence-electron chi connectivity index (χ0n) is 43.9. The second-order valence-corrected chi connectivity index (χ2v) is 19.7. The van der Waals surface area contributed by atoms with Crippen LogP contribution < -0.4 is 0 Å². The number of rotatable bonds is 49. The third-order valence-electron chi connectivity index (χ3n) is 13.3. The van der Waals surface area contributed by atoms with Gasteiger partial charge in [-0.2, -0.15) is 0 Å². The minimum absolute atomic E-state index is 0.217. The number of esters is 2. The first-order valence-electron chi connectivity index (χ1n) is 28.6. The van der Waals surface area contributed by atoms with E-state index in [0.717, 1.165) is 70.6 Å². The van der Waals surface area contributed by atoms with Crippen LogP contribution in [-0.4, -0.2) is 89.0 Å². The zero-order valence-corrected chi connectivity index (χ0v) is 43.9. The fourth-order valence-corrected chi connectivity index (χ4v) is 8.79. The number of aliphatic hydroxyl groups is 4. The molecule has 0 aliphatic carbocycles. The molecule has 10 heteroatoms. The third kappa shape index (κ3) is 38.6. The summed E-state index contributed by atoms with van der Waals surface area (Å²) in [6, 6.07) is 0. The lowest BCUT2D eigenvalue weighted by Crippen LogP contribution is -2.59. The molecule has 0 bridgehead atoms. The van der Waals surface area contributed by atoms with Gasteiger partial charge in [0.15, 0.2) is 12.4 Å². The molecule has 0 amide bonds. The van der Waals surface area contributed by atoms with Gasteiger partial charge in [-0.3, -0.25) is 9.59 Å². The number of carbonyl (C=O) groups is 2. The summed E-state index contributed by atoms with van der Waals surface area (Å²) in [5.41, 5.74) is 0. The van der Waals surface area contributed by atoms with Gasteiger partial charge in [0.25, 0.3) is 0 Å². The lowest BCUT2D eigenvalue weighted by Gasteiger charge is -2.39. The van der Waals surface area contributed by atoms with Gasteiger partial charge in [-0.1, -0.05) is 237 Å². The van der Waals surface area contributed by atoms with Crippen LogP contribution in [0.4, 0.5) is 0 Å². The van der Waals surface area contributed by atoms with Crippen LogP contribution in [0.5, 0.6) is 0 Å². The molecule has 6 atom stereocenters. The highest BCUT2D eigenvalue weighted by Gasteiger charge is 2.44. The summed E-state index contributed by atoms with van der Waals surface area (Å²) in [5, 5.41) is 40.3. The van der Waals surface area contributed by atoms with E-state index < -0.39 is 49.4 Å². The SMILES string of the molecule is CCCCC/C=C\C/C=C\C/C=C\CCCCCCCCC(=O)OC(COC(=O)CCCCCCCCCCCCCCCCCCCCCCCCCC)COC1OC(CO)C(O)C(O)C1O. The molecular weight excluding hydrogens is 857 g/mol. The van der Waals surface area contributed by atoms with Crippen molar-refractivity contribution >= 4 is 11.9 Å². The fourth-order valence-electron chi connectivity index (χ4n) is 8.79. The van der Waals surface area contributed by atoms with Crippen molar-refractivity contribution in [2.24, 2.45) is 0 Å². The topological polar surface area (TPSA) is 152 Å². The molecule has 6 unspecified atom stereocenters. The van der Waals surface area contributed by atoms with Gasteiger partial charge in [-0.15, -0.1) is 0 Å². The Hall–Kier alpha value is -2.08. The van der Waals surface area contributed by atoms with Gasteiger partial charge in [0.1, 0.15) is 31.0 Å². The molecule has 1 rings (SSSR count). The van der Waals surface area contributed by atoms with Gasteiger partial charge in [0, 0.05) is 12.8 Å². The summed E-state index contributed by atoms with van der Waals surface area (Å²) in [6.45, 7) is 3.43. The second kappa shape index (κ2) is 48.5. The van der Waals surface area contributed by atoms with E-state index in [4.69, 9.17) is 18.9 Å². The Morgan fingerprint density at radius 1 is 0.456 bits per heavy atom. The summed E-state index contributed by atoms with van der Waals surface area (Å²) in [6.07, 6.45) is 51.6. The molecule has 4 N–H and O–H groups in total. The van der Waals surface area contributed by atoms with E-state index in [9.17, 15) is 30.0 Å². The molecule has 0 aromatic rings. The van der Waals surface area contributed by atoms with Crippen LogP contribution in [0.25, 0.3) is 0 Å². The Kier molecular flexibility index (Phi) is 45.6. The van der Waals surface area contributed by atoms with Crippen molar-refractivity contribution in [2.45, 2.75) is 301 Å². The van der Waals surface area contributed by atoms with Crippen molar-refractivity contribution in [3.05, 3.63) is 36.5 Å². The van der Waals surface area contributed by atoms with Gasteiger partial charge >= 0.3 is 11.9 Å². The number of aliphatic hydroxyl groups excluding tert-OH is 4. The van der Waals surface area contributed by atoms with Crippen LogP contribution in [0.2, 0.25) is 0 Å². The van der Waals surface area contributed by atoms with E-state index >= 15 is 0 Å². The number of hydrogen-bond donors (Lipinski definition) is 4. The highest BCUT2D eigenvalue weighted by Crippen LogP contribution is 2.23. The predicted octanol–water partition coefficient (Wildman–Crippen LogP) is 14.2. The molecule has 68 heavy (non-hydrogen) atoms. The zero-order chi connectivity index (χ0) is 49.4. The van der Waals surface area contributed by atoms with E-state index in [0.29, 0.717) is 6.42 Å². The van der Waals surface area contributed by atoms with Crippen LogP contribution in [0.15, 0.2) is 36.5 Å². The number of allylic oxidation sites excluding steroid dienone is 6. The van der Waals surface area contributed by atoms with Crippen molar-refractivity contribution in [1.29, 1.82) is 0 Å². The summed E-state index contributed by atoms with van der Waals surface area (Å²) < 4.78 is 22.3. The Bertz CT molecular complexity index is 1200. The van der Waals surface area contributed by atoms with Crippen molar-refractivity contribution in [3.8, 4) is 0 Å². The molecule has 0 aromatic heterocycles. The molecule has 0 spiro atoms. The molecular formula is C58H106O10. The second-order valence-electron chi connectivity index (χ2n) is 19.7. The summed E-state index contributed by atoms with van der Waals surface area (Å²) >= 11 is 0. The van der Waals surface area contributed by atoms with Crippen molar-refractivity contribution in [2.75, 3.05) is 19.8 Å². The Morgan fingerprint density at radius 2 is 0.824 bits per heavy atom. The van der Waals surface area contributed by atoms with Crippen LogP contribution >= 0.6 is 0 Å². The fraction of sp³-hybridized carbons (Fsp3) is 0.862. The van der Waals surface area contributed by atoms with E-state index in [1.165, 1.54) is 161 Å². The summed E-state index contributed by atoms with van der Waals surface area (Å²) in [4.78, 5) is 25.5. The normalized spacial score (nSPS) is 19.2. The van der Waals surface area contributed by atoms with Gasteiger partial charge < -0.3 is 39.4 Å². The molecule has 1 fully saturated rings. The molecule has 1 heterocycles. The standard InChI is InChI=1S/C58H106O10/c1-3-5-7-9-11-13-15-17-19-21-23-24-25-26-27-29-30-32-34-36-38-40-42-44-46-53(60)65-49-51(50-66-58-57(64)56(63)55(62)52(48-59)68-58)67-54(61)47-45-43-41-39-37-35-33-31-28-22-20-18-16-14-12-10-8-6-4-2/h12,14,18,20,28,31,51-52,55-59,62-64H,3-11,13,15-17,19,21-27,29-30,32-50H2,1-2H3/b14-12-,20-18-,31-28-. The first-order valence-corrected chi connectivity index (χ1v) is 28.6. The van der Waals surface area contributed by atoms with Crippen molar-refractivity contribution in [1.82, 2.24) is 0 Å². The molecule has 1 aliphatic rings. The maximum absolute atomic E-state index is 12.9. The van der Waals surface area contributed by atoms with Crippen LogP contribution in [0, 0.1) is 0 Å². The maximum atomic E-state index is 12.9. The number of ether oxygens (including phenoxy) is 4. The van der Waals surface area contributed by atoms with Gasteiger partial charge in [-0.25, -0.2) is 0 Å². The highest BCUT2D eigenvalue weighted by atomic mass is 16.7. The van der Waals surface area contributed by atoms with Crippen molar-refractivity contribution in [3.63, 3.8) is 0 Å². The van der Waals surface area contributed by atoms with E-state index in [1.807, 2.05) is 0 Å². The number of carbonyl (C=O) groups excluding carboxylic acids is 2. The largest absolute Gasteiger partial charge is 0.462 e. The average molecular weight is 963 g/mol. The smallest absolute Gasteiger partial charge is 0.306 e. The molecule has 0 saturated carbocycles. The minimum Gasteiger partial charge on any atom is -0.462 e. The molecule has 0 aromatic carbocycles. The van der Waals surface area contributed by atoms with E-state index in [2.05, 4.69) is 50.3 Å². The summed E-state index contributed by atoms with van der Waals surface area (Å²) in [5.74, 6) is -0.808. The monoisotopic (exact) mass is 963 g/mol. The lowest BCUT2D eigenvalue weighted by molar-refractivity contribution is -0.305. The third-order valence-corrected chi connectivity index (χ3v) is 13.3. The first kappa shape index (κ1) is 63.9. The van der Waals surface area contributed by atoms with Crippen molar-refractivity contribution < 1.29 is 49.0 Å². The lowest BCUT2D eigenvalue weighted by atomic mass is 9.99. The van der Waals surface area contributed by atoms with Gasteiger partial charge in [0.2, 0.25) is 0 Å². The van der Waals surface area contributed by atoms with Gasteiger partial charge in [-0.05, 0) is 51.4 Å². The van der Waals surface area contributed by atoms with E-state index in [-0.39, 0.29) is 32.0 Å². The van der Waals surface area contributed by atoms with Crippen LogP contribution in [-0.2, 0) is 28.5 Å². The van der Waals surface area contributed by atoms with Crippen LogP contribution in [0.3, 0.4) is 0 Å². The summed E-state index contributed by atoms with van der Waals surface area (Å²) in [7, 11) is 0. The number of hydrogen-bond acceptors (Lipinski definition) is 10. The Labute approximate surface area is 416 Å². The number of unbranched alkanes of at least 4 members (excludes halogenated alkanes) is 32. The molecule has 0 radical (unpaired) electrons. The maximum Gasteiger partial charge on any atom is 0.306 e. The molecule has 1 saturated heterocycles. The first-order chi connectivity index (χ1) is 33.3.